The molecule has 2 saturated heterocycles. The molecule has 5 rings (SSSR count). The molecule has 2 aliphatic rings. The fourth-order valence-corrected chi connectivity index (χ4v) is 5.41. The Balaban J connectivity index is 1.34. The van der Waals surface area contributed by atoms with Gasteiger partial charge in [-0.05, 0) is 54.4 Å². The Labute approximate surface area is 215 Å². The van der Waals surface area contributed by atoms with Crippen LogP contribution in [0.5, 0.6) is 0 Å². The molecule has 2 fully saturated rings. The van der Waals surface area contributed by atoms with E-state index in [2.05, 4.69) is 21.2 Å². The summed E-state index contributed by atoms with van der Waals surface area (Å²) in [6.45, 7) is 1.64. The number of nitrogens with zero attached hydrogens (tertiary/aromatic N) is 2. The van der Waals surface area contributed by atoms with Gasteiger partial charge >= 0.3 is 0 Å². The molecule has 0 radical (unpaired) electrons. The third kappa shape index (κ3) is 5.37. The van der Waals surface area contributed by atoms with E-state index < -0.39 is 0 Å². The molecule has 1 aromatic heterocycles. The van der Waals surface area contributed by atoms with Crippen molar-refractivity contribution in [3.05, 3.63) is 75.2 Å². The molecule has 2 aliphatic heterocycles. The number of amides is 3. The average molecular weight is 554 g/mol. The summed E-state index contributed by atoms with van der Waals surface area (Å²) in [6, 6.07) is 15.3. The number of nitrogens with one attached hydrogen (secondary N) is 1. The molecule has 1 atom stereocenters. The van der Waals surface area contributed by atoms with Gasteiger partial charge < -0.3 is 14.6 Å². The predicted octanol–water partition coefficient (Wildman–Crippen LogP) is 4.94. The topological polar surface area (TPSA) is 80.6 Å². The van der Waals surface area contributed by atoms with E-state index >= 15 is 0 Å². The van der Waals surface area contributed by atoms with Crippen LogP contribution < -0.4 is 5.32 Å². The Hall–Kier alpha value is -2.88. The molecule has 3 aromatic rings. The van der Waals surface area contributed by atoms with Crippen LogP contribution in [-0.4, -0.2) is 45.8 Å². The number of para-hydroxylation sites is 1. The van der Waals surface area contributed by atoms with Crippen LogP contribution in [0.3, 0.4) is 0 Å². The van der Waals surface area contributed by atoms with Gasteiger partial charge in [-0.15, -0.1) is 0 Å². The number of thioether (sulfide) groups is 1. The van der Waals surface area contributed by atoms with Crippen molar-refractivity contribution in [2.75, 3.05) is 13.2 Å². The summed E-state index contributed by atoms with van der Waals surface area (Å²) in [7, 11) is 0. The molecule has 9 heteroatoms. The highest BCUT2D eigenvalue weighted by Crippen LogP contribution is 2.35. The number of carbonyl (C=O) groups is 3. The van der Waals surface area contributed by atoms with Gasteiger partial charge in [0.15, 0.2) is 0 Å². The molecule has 0 saturated carbocycles. The second kappa shape index (κ2) is 10.4. The number of imide groups is 1. The van der Waals surface area contributed by atoms with Crippen LogP contribution in [0, 0.1) is 0 Å². The summed E-state index contributed by atoms with van der Waals surface area (Å²) in [4.78, 5) is 39.9. The molecular weight excluding hydrogens is 530 g/mol. The zero-order chi connectivity index (χ0) is 24.4. The Bertz CT molecular complexity index is 1310. The first-order valence-corrected chi connectivity index (χ1v) is 13.0. The number of ether oxygens (including phenoxy) is 1. The van der Waals surface area contributed by atoms with Gasteiger partial charge in [-0.2, -0.15) is 0 Å². The van der Waals surface area contributed by atoms with E-state index in [4.69, 9.17) is 4.74 Å². The summed E-state index contributed by atoms with van der Waals surface area (Å²) in [6.07, 6.45) is 5.69. The van der Waals surface area contributed by atoms with E-state index in [1.54, 1.807) is 6.08 Å². The van der Waals surface area contributed by atoms with Crippen molar-refractivity contribution < 1.29 is 19.1 Å². The van der Waals surface area contributed by atoms with E-state index in [0.29, 0.717) is 11.4 Å². The largest absolute Gasteiger partial charge is 0.376 e. The van der Waals surface area contributed by atoms with Crippen LogP contribution in [-0.2, 0) is 27.4 Å². The van der Waals surface area contributed by atoms with Crippen LogP contribution >= 0.6 is 27.7 Å². The molecule has 3 amide bonds. The standard InChI is InChI=1S/C26H24BrN3O4S/c27-19-9-7-17(8-10-19)14-30-25(32)23(35-26(30)33)12-18-15-29(22-6-2-1-5-21(18)22)16-24(31)28-13-20-4-3-11-34-20/h1-2,5-10,12,15,20H,3-4,11,13-14,16H2,(H,28,31)/b23-12-/t20-/m0/s1. The molecule has 0 aliphatic carbocycles. The number of benzene rings is 2. The fraction of sp³-hybridized carbons (Fsp3) is 0.269. The molecule has 0 spiro atoms. The van der Waals surface area contributed by atoms with Crippen molar-refractivity contribution in [1.82, 2.24) is 14.8 Å². The second-order valence-corrected chi connectivity index (χ2v) is 10.5. The van der Waals surface area contributed by atoms with E-state index in [0.717, 1.165) is 57.7 Å². The lowest BCUT2D eigenvalue weighted by atomic mass is 10.1. The predicted molar refractivity (Wildman–Crippen MR) is 140 cm³/mol. The number of rotatable bonds is 7. The molecule has 7 nitrogen and oxygen atoms in total. The Morgan fingerprint density at radius 2 is 1.97 bits per heavy atom. The number of fused-ring (bicyclic) bond motifs is 1. The number of carbonyl (C=O) groups excluding carboxylic acids is 3. The number of halogens is 1. The highest BCUT2D eigenvalue weighted by molar-refractivity contribution is 9.10. The monoisotopic (exact) mass is 553 g/mol. The summed E-state index contributed by atoms with van der Waals surface area (Å²) in [5.74, 6) is -0.406. The van der Waals surface area contributed by atoms with Crippen molar-refractivity contribution >= 4 is 61.7 Å². The van der Waals surface area contributed by atoms with Gasteiger partial charge in [-0.3, -0.25) is 19.3 Å². The minimum absolute atomic E-state index is 0.0870. The van der Waals surface area contributed by atoms with E-state index in [-0.39, 0.29) is 36.2 Å². The molecule has 0 unspecified atom stereocenters. The first-order valence-electron chi connectivity index (χ1n) is 11.4. The number of aromatic nitrogens is 1. The van der Waals surface area contributed by atoms with Crippen LogP contribution in [0.25, 0.3) is 17.0 Å². The van der Waals surface area contributed by atoms with E-state index in [9.17, 15) is 14.4 Å². The summed E-state index contributed by atoms with van der Waals surface area (Å²) in [5, 5.41) is 3.58. The van der Waals surface area contributed by atoms with Gasteiger partial charge in [0.1, 0.15) is 6.54 Å². The zero-order valence-electron chi connectivity index (χ0n) is 18.9. The van der Waals surface area contributed by atoms with Gasteiger partial charge in [0.2, 0.25) is 5.91 Å². The molecule has 180 valence electrons. The van der Waals surface area contributed by atoms with E-state index in [1.165, 1.54) is 4.90 Å². The zero-order valence-corrected chi connectivity index (χ0v) is 21.3. The van der Waals surface area contributed by atoms with Gasteiger partial charge in [0, 0.05) is 40.3 Å². The van der Waals surface area contributed by atoms with Crippen LogP contribution in [0.15, 0.2) is 64.1 Å². The van der Waals surface area contributed by atoms with E-state index in [1.807, 2.05) is 59.3 Å². The third-order valence-electron chi connectivity index (χ3n) is 6.10. The lowest BCUT2D eigenvalue weighted by molar-refractivity contribution is -0.123. The van der Waals surface area contributed by atoms with Crippen molar-refractivity contribution in [1.29, 1.82) is 0 Å². The summed E-state index contributed by atoms with van der Waals surface area (Å²) < 4.78 is 8.39. The van der Waals surface area contributed by atoms with Crippen molar-refractivity contribution in [3.8, 4) is 0 Å². The fourth-order valence-electron chi connectivity index (χ4n) is 4.31. The Morgan fingerprint density at radius 3 is 2.74 bits per heavy atom. The normalized spacial score (nSPS) is 19.3. The lowest BCUT2D eigenvalue weighted by Crippen LogP contribution is -2.34. The van der Waals surface area contributed by atoms with Crippen molar-refractivity contribution in [2.24, 2.45) is 0 Å². The molecule has 2 aromatic carbocycles. The van der Waals surface area contributed by atoms with Gasteiger partial charge in [0.05, 0.1) is 17.6 Å². The molecule has 35 heavy (non-hydrogen) atoms. The van der Waals surface area contributed by atoms with Gasteiger partial charge in [0.25, 0.3) is 11.1 Å². The maximum atomic E-state index is 13.0. The summed E-state index contributed by atoms with van der Waals surface area (Å²) >= 11 is 4.34. The van der Waals surface area contributed by atoms with Crippen LogP contribution in [0.4, 0.5) is 4.79 Å². The highest BCUT2D eigenvalue weighted by atomic mass is 79.9. The Kier molecular flexibility index (Phi) is 7.08. The molecule has 3 heterocycles. The Morgan fingerprint density at radius 1 is 1.17 bits per heavy atom. The first kappa shape index (κ1) is 23.8. The number of hydrogen-bond acceptors (Lipinski definition) is 5. The van der Waals surface area contributed by atoms with Crippen molar-refractivity contribution in [2.45, 2.75) is 32.0 Å². The highest BCUT2D eigenvalue weighted by Gasteiger charge is 2.35. The summed E-state index contributed by atoms with van der Waals surface area (Å²) in [5.41, 5.74) is 2.56. The number of hydrogen-bond donors (Lipinski definition) is 1. The smallest absolute Gasteiger partial charge is 0.293 e. The van der Waals surface area contributed by atoms with Gasteiger partial charge in [-0.1, -0.05) is 46.3 Å². The SMILES string of the molecule is O=C(Cn1cc(/C=C2\SC(=O)N(Cc3ccc(Br)cc3)C2=O)c2ccccc21)NC[C@@H]1CCCO1. The lowest BCUT2D eigenvalue weighted by Gasteiger charge is -2.12. The van der Waals surface area contributed by atoms with Crippen LogP contribution in [0.1, 0.15) is 24.0 Å². The average Bonchev–Trinajstić information content (AvgIpc) is 3.56. The quantitative estimate of drug-likeness (QED) is 0.419. The molecular formula is C26H24BrN3O4S. The maximum absolute atomic E-state index is 13.0. The van der Waals surface area contributed by atoms with Crippen molar-refractivity contribution in [3.63, 3.8) is 0 Å². The maximum Gasteiger partial charge on any atom is 0.293 e. The minimum atomic E-state index is -0.311. The second-order valence-electron chi connectivity index (χ2n) is 8.56. The third-order valence-corrected chi connectivity index (χ3v) is 7.53. The van der Waals surface area contributed by atoms with Gasteiger partial charge in [-0.25, -0.2) is 0 Å². The minimum Gasteiger partial charge on any atom is -0.376 e. The molecule has 0 bridgehead atoms. The van der Waals surface area contributed by atoms with Crippen LogP contribution in [0.2, 0.25) is 0 Å². The first-order chi connectivity index (χ1) is 17.0. The molecule has 1 N–H and O–H groups in total.